The second-order valence-electron chi connectivity index (χ2n) is 4.80. The fourth-order valence-electron chi connectivity index (χ4n) is 2.14. The maximum atomic E-state index is 5.86. The van der Waals surface area contributed by atoms with Gasteiger partial charge in [-0.15, -0.1) is 0 Å². The largest absolute Gasteiger partial charge is 0.384 e. The molecule has 1 aromatic heterocycles. The number of anilines is 2. The number of nitrogens with zero attached hydrogens (tertiary/aromatic N) is 3. The van der Waals surface area contributed by atoms with E-state index in [1.807, 2.05) is 6.07 Å². The van der Waals surface area contributed by atoms with Crippen molar-refractivity contribution < 1.29 is 0 Å². The highest BCUT2D eigenvalue weighted by molar-refractivity contribution is 5.49. The van der Waals surface area contributed by atoms with E-state index < -0.39 is 0 Å². The summed E-state index contributed by atoms with van der Waals surface area (Å²) in [4.78, 5) is 11.3. The van der Waals surface area contributed by atoms with Crippen LogP contribution in [0, 0.1) is 0 Å². The number of nitrogens with two attached hydrogens (primary N) is 1. The average molecular weight is 218 g/mol. The van der Waals surface area contributed by atoms with Crippen LogP contribution in [0.5, 0.6) is 0 Å². The predicted molar refractivity (Wildman–Crippen MR) is 64.5 cm³/mol. The van der Waals surface area contributed by atoms with Gasteiger partial charge in [0, 0.05) is 24.6 Å². The summed E-state index contributed by atoms with van der Waals surface area (Å²) < 4.78 is 0. The van der Waals surface area contributed by atoms with Crippen LogP contribution in [0.4, 0.5) is 11.6 Å². The molecule has 0 unspecified atom stereocenters. The van der Waals surface area contributed by atoms with Crippen LogP contribution in [-0.4, -0.2) is 22.6 Å². The van der Waals surface area contributed by atoms with Crippen molar-refractivity contribution in [2.75, 3.05) is 17.2 Å². The van der Waals surface area contributed by atoms with Crippen molar-refractivity contribution in [1.29, 1.82) is 0 Å². The molecule has 0 radical (unpaired) electrons. The van der Waals surface area contributed by atoms with E-state index in [2.05, 4.69) is 21.8 Å². The van der Waals surface area contributed by atoms with Gasteiger partial charge >= 0.3 is 0 Å². The molecule has 2 N–H and O–H groups in total. The minimum Gasteiger partial charge on any atom is -0.384 e. The Hall–Kier alpha value is -1.32. The average Bonchev–Trinajstić information content (AvgIpc) is 3.13. The number of hydrogen-bond acceptors (Lipinski definition) is 4. The molecule has 0 aliphatic heterocycles. The van der Waals surface area contributed by atoms with E-state index >= 15 is 0 Å². The molecule has 2 aliphatic carbocycles. The molecular formula is C12H18N4. The van der Waals surface area contributed by atoms with Crippen LogP contribution in [-0.2, 0) is 0 Å². The second-order valence-corrected chi connectivity index (χ2v) is 4.80. The van der Waals surface area contributed by atoms with Gasteiger partial charge in [-0.05, 0) is 32.6 Å². The fraction of sp³-hybridized carbons (Fsp3) is 0.667. The van der Waals surface area contributed by atoms with Crippen LogP contribution < -0.4 is 10.6 Å². The first-order valence-corrected chi connectivity index (χ1v) is 6.19. The summed E-state index contributed by atoms with van der Waals surface area (Å²) in [5.41, 5.74) is 5.86. The molecular weight excluding hydrogens is 200 g/mol. The molecule has 4 nitrogen and oxygen atoms in total. The maximum Gasteiger partial charge on any atom is 0.136 e. The first-order valence-electron chi connectivity index (χ1n) is 6.19. The van der Waals surface area contributed by atoms with E-state index in [4.69, 9.17) is 5.73 Å². The van der Waals surface area contributed by atoms with E-state index in [0.717, 1.165) is 18.2 Å². The van der Waals surface area contributed by atoms with E-state index in [0.29, 0.717) is 17.8 Å². The van der Waals surface area contributed by atoms with Gasteiger partial charge in [-0.3, -0.25) is 0 Å². The Kier molecular flexibility index (Phi) is 2.23. The molecule has 4 heteroatoms. The minimum absolute atomic E-state index is 0.570. The van der Waals surface area contributed by atoms with Crippen LogP contribution in [0.3, 0.4) is 0 Å². The third-order valence-electron chi connectivity index (χ3n) is 3.31. The van der Waals surface area contributed by atoms with Gasteiger partial charge in [-0.1, -0.05) is 0 Å². The van der Waals surface area contributed by atoms with Gasteiger partial charge in [-0.2, -0.15) is 0 Å². The maximum absolute atomic E-state index is 5.86. The molecule has 86 valence electrons. The smallest absolute Gasteiger partial charge is 0.136 e. The molecule has 16 heavy (non-hydrogen) atoms. The van der Waals surface area contributed by atoms with Crippen molar-refractivity contribution in [3.63, 3.8) is 0 Å². The van der Waals surface area contributed by atoms with E-state index in [1.165, 1.54) is 25.7 Å². The Bertz CT molecular complexity index is 396. The summed E-state index contributed by atoms with van der Waals surface area (Å²) in [5, 5.41) is 0. The lowest BCUT2D eigenvalue weighted by molar-refractivity contribution is 0.791. The highest BCUT2D eigenvalue weighted by atomic mass is 15.2. The number of aromatic nitrogens is 2. The summed E-state index contributed by atoms with van der Waals surface area (Å²) in [6.07, 6.45) is 5.02. The number of rotatable bonds is 4. The normalized spacial score (nSPS) is 19.8. The van der Waals surface area contributed by atoms with Crippen molar-refractivity contribution in [3.05, 3.63) is 11.9 Å². The highest BCUT2D eigenvalue weighted by Crippen LogP contribution is 2.39. The zero-order valence-corrected chi connectivity index (χ0v) is 9.69. The Morgan fingerprint density at radius 2 is 2.06 bits per heavy atom. The summed E-state index contributed by atoms with van der Waals surface area (Å²) in [6.45, 7) is 3.18. The van der Waals surface area contributed by atoms with Crippen molar-refractivity contribution in [2.45, 2.75) is 44.6 Å². The number of nitrogen functional groups attached to an aromatic ring is 1. The molecule has 2 aliphatic rings. The predicted octanol–water partition coefficient (Wildman–Crippen LogP) is 1.92. The van der Waals surface area contributed by atoms with Gasteiger partial charge in [0.15, 0.2) is 0 Å². The molecule has 0 spiro atoms. The third-order valence-corrected chi connectivity index (χ3v) is 3.31. The molecule has 2 fully saturated rings. The lowest BCUT2D eigenvalue weighted by atomic mass is 10.3. The Morgan fingerprint density at radius 1 is 1.31 bits per heavy atom. The Labute approximate surface area is 95.9 Å². The van der Waals surface area contributed by atoms with E-state index in [-0.39, 0.29) is 0 Å². The van der Waals surface area contributed by atoms with E-state index in [1.54, 1.807) is 0 Å². The molecule has 0 saturated heterocycles. The molecule has 2 saturated carbocycles. The lowest BCUT2D eigenvalue weighted by Gasteiger charge is -2.22. The summed E-state index contributed by atoms with van der Waals surface area (Å²) in [5.74, 6) is 3.17. The standard InChI is InChI=1S/C12H18N4/c1-2-16(9-5-6-9)11-7-10(13)14-12(15-11)8-3-4-8/h7-9H,2-6H2,1H3,(H2,13,14,15). The fourth-order valence-corrected chi connectivity index (χ4v) is 2.14. The SMILES string of the molecule is CCN(c1cc(N)nc(C2CC2)n1)C1CC1. The van der Waals surface area contributed by atoms with Gasteiger partial charge in [0.2, 0.25) is 0 Å². The van der Waals surface area contributed by atoms with Crippen LogP contribution in [0.1, 0.15) is 44.3 Å². The summed E-state index contributed by atoms with van der Waals surface area (Å²) in [7, 11) is 0. The van der Waals surface area contributed by atoms with Gasteiger partial charge in [-0.25, -0.2) is 9.97 Å². The van der Waals surface area contributed by atoms with Gasteiger partial charge in [0.1, 0.15) is 17.5 Å². The van der Waals surface area contributed by atoms with Gasteiger partial charge in [0.05, 0.1) is 0 Å². The first-order chi connectivity index (χ1) is 7.78. The first kappa shape index (κ1) is 9.87. The monoisotopic (exact) mass is 218 g/mol. The molecule has 1 aromatic rings. The zero-order valence-electron chi connectivity index (χ0n) is 9.69. The van der Waals surface area contributed by atoms with Crippen molar-refractivity contribution >= 4 is 11.6 Å². The second kappa shape index (κ2) is 3.61. The van der Waals surface area contributed by atoms with Crippen molar-refractivity contribution in [2.24, 2.45) is 0 Å². The summed E-state index contributed by atoms with van der Waals surface area (Å²) in [6, 6.07) is 2.60. The van der Waals surface area contributed by atoms with Gasteiger partial charge in [0.25, 0.3) is 0 Å². The van der Waals surface area contributed by atoms with Crippen LogP contribution in [0.25, 0.3) is 0 Å². The van der Waals surface area contributed by atoms with Crippen LogP contribution in [0.15, 0.2) is 6.07 Å². The van der Waals surface area contributed by atoms with Gasteiger partial charge < -0.3 is 10.6 Å². The molecule has 0 aromatic carbocycles. The van der Waals surface area contributed by atoms with Crippen molar-refractivity contribution in [1.82, 2.24) is 9.97 Å². The number of hydrogen-bond donors (Lipinski definition) is 1. The van der Waals surface area contributed by atoms with Crippen molar-refractivity contribution in [3.8, 4) is 0 Å². The molecule has 3 rings (SSSR count). The quantitative estimate of drug-likeness (QED) is 0.839. The third kappa shape index (κ3) is 1.84. The molecule has 0 bridgehead atoms. The molecule has 0 atom stereocenters. The zero-order chi connectivity index (χ0) is 11.1. The van der Waals surface area contributed by atoms with Crippen LogP contribution >= 0.6 is 0 Å². The Balaban J connectivity index is 1.91. The minimum atomic E-state index is 0.570. The summed E-state index contributed by atoms with van der Waals surface area (Å²) >= 11 is 0. The highest BCUT2D eigenvalue weighted by Gasteiger charge is 2.31. The van der Waals surface area contributed by atoms with E-state index in [9.17, 15) is 0 Å². The molecule has 1 heterocycles. The van der Waals surface area contributed by atoms with Crippen LogP contribution in [0.2, 0.25) is 0 Å². The Morgan fingerprint density at radius 3 is 2.62 bits per heavy atom. The molecule has 0 amide bonds. The topological polar surface area (TPSA) is 55.0 Å². The lowest BCUT2D eigenvalue weighted by Crippen LogP contribution is -2.26.